The Hall–Kier alpha value is -4.15. The van der Waals surface area contributed by atoms with Crippen molar-refractivity contribution in [2.75, 3.05) is 0 Å². The zero-order valence-corrected chi connectivity index (χ0v) is 25.6. The van der Waals surface area contributed by atoms with Crippen LogP contribution < -0.4 is 0 Å². The van der Waals surface area contributed by atoms with Crippen molar-refractivity contribution in [1.29, 1.82) is 0 Å². The Morgan fingerprint density at radius 1 is 0.585 bits per heavy atom. The van der Waals surface area contributed by atoms with E-state index in [1.54, 1.807) is 0 Å². The summed E-state index contributed by atoms with van der Waals surface area (Å²) in [6.45, 7) is 8.72. The number of fused-ring (bicyclic) bond motifs is 10. The topological polar surface area (TPSA) is 61.4 Å². The monoisotopic (exact) mass is 716 g/mol. The van der Waals surface area contributed by atoms with E-state index in [0.717, 1.165) is 45.3 Å². The molecule has 41 heavy (non-hydrogen) atoms. The van der Waals surface area contributed by atoms with Gasteiger partial charge in [0.15, 0.2) is 5.82 Å². The average Bonchev–Trinajstić information content (AvgIpc) is 3.65. The van der Waals surface area contributed by atoms with E-state index in [-0.39, 0.29) is 21.1 Å². The van der Waals surface area contributed by atoms with Gasteiger partial charge in [0.1, 0.15) is 11.6 Å². The summed E-state index contributed by atoms with van der Waals surface area (Å²) in [6.07, 6.45) is 0. The molecule has 0 amide bonds. The van der Waals surface area contributed by atoms with Crippen molar-refractivity contribution >= 4 is 0 Å². The largest absolute Gasteiger partial charge is 0.261 e. The van der Waals surface area contributed by atoms with Crippen LogP contribution in [0.25, 0.3) is 34.2 Å². The summed E-state index contributed by atoms with van der Waals surface area (Å²) in [6, 6.07) is 38.7. The Labute approximate surface area is 254 Å². The molecule has 7 rings (SSSR count). The van der Waals surface area contributed by atoms with Gasteiger partial charge in [0.25, 0.3) is 0 Å². The fraction of sp³-hybridized carbons (Fsp3) is 0.176. The summed E-state index contributed by atoms with van der Waals surface area (Å²) in [5, 5.41) is 10.1. The molecule has 0 saturated carbocycles. The molecule has 1 aliphatic rings. The molecule has 7 heteroatoms. The number of hydrogen-bond donors (Lipinski definition) is 0. The van der Waals surface area contributed by atoms with Gasteiger partial charge >= 0.3 is 0 Å². The van der Waals surface area contributed by atoms with Gasteiger partial charge in [-0.3, -0.25) is 4.98 Å². The second-order valence-electron chi connectivity index (χ2n) is 11.3. The first kappa shape index (κ1) is 27.0. The minimum atomic E-state index is -0.511. The third-order valence-corrected chi connectivity index (χ3v) is 7.89. The molecule has 4 aromatic carbocycles. The number of hydrogen-bond acceptors (Lipinski definition) is 4. The molecule has 1 aliphatic heterocycles. The van der Waals surface area contributed by atoms with Crippen LogP contribution >= 0.6 is 0 Å². The van der Waals surface area contributed by atoms with E-state index in [1.807, 2.05) is 51.8 Å². The summed E-state index contributed by atoms with van der Waals surface area (Å²) in [4.78, 5) is 10.3. The van der Waals surface area contributed by atoms with Crippen LogP contribution in [-0.2, 0) is 31.9 Å². The smallest absolute Gasteiger partial charge is 0.181 e. The van der Waals surface area contributed by atoms with Crippen molar-refractivity contribution < 1.29 is 21.1 Å². The van der Waals surface area contributed by atoms with E-state index in [4.69, 9.17) is 20.2 Å². The van der Waals surface area contributed by atoms with Crippen LogP contribution in [-0.4, -0.2) is 29.5 Å². The molecule has 0 unspecified atom stereocenters. The van der Waals surface area contributed by atoms with Gasteiger partial charge in [-0.25, -0.2) is 14.3 Å². The zero-order valence-electron chi connectivity index (χ0n) is 23.3. The van der Waals surface area contributed by atoms with Crippen LogP contribution in [0.1, 0.15) is 50.5 Å². The predicted molar refractivity (Wildman–Crippen MR) is 157 cm³/mol. The Kier molecular flexibility index (Phi) is 6.62. The van der Waals surface area contributed by atoms with E-state index < -0.39 is 10.8 Å². The van der Waals surface area contributed by atoms with Crippen LogP contribution in [0.3, 0.4) is 0 Å². The van der Waals surface area contributed by atoms with Gasteiger partial charge in [0, 0.05) is 37.5 Å². The van der Waals surface area contributed by atoms with Crippen molar-refractivity contribution in [1.82, 2.24) is 29.5 Å². The van der Waals surface area contributed by atoms with E-state index in [0.29, 0.717) is 11.6 Å². The Morgan fingerprint density at radius 3 is 1.80 bits per heavy atom. The molecule has 206 valence electrons. The molecule has 0 fully saturated rings. The van der Waals surface area contributed by atoms with Crippen LogP contribution in [0.5, 0.6) is 0 Å². The van der Waals surface area contributed by atoms with Crippen LogP contribution in [0.15, 0.2) is 103 Å². The van der Waals surface area contributed by atoms with Gasteiger partial charge in [-0.05, 0) is 49.7 Å². The predicted octanol–water partition coefficient (Wildman–Crippen LogP) is 6.94. The van der Waals surface area contributed by atoms with E-state index in [9.17, 15) is 0 Å². The number of benzene rings is 4. The van der Waals surface area contributed by atoms with E-state index >= 15 is 0 Å². The molecule has 3 heterocycles. The quantitative estimate of drug-likeness (QED) is 0.182. The first-order valence-electron chi connectivity index (χ1n) is 13.5. The molecule has 2 aromatic heterocycles. The third-order valence-electron chi connectivity index (χ3n) is 7.89. The maximum Gasteiger partial charge on any atom is 0.181 e. The molecule has 0 atom stereocenters. The molecular formula is C34H29N6Pt-. The van der Waals surface area contributed by atoms with Crippen molar-refractivity contribution in [3.05, 3.63) is 132 Å². The van der Waals surface area contributed by atoms with Crippen molar-refractivity contribution in [2.45, 2.75) is 38.5 Å². The van der Waals surface area contributed by atoms with Gasteiger partial charge in [0.05, 0.1) is 17.2 Å². The first-order valence-corrected chi connectivity index (χ1v) is 13.5. The van der Waals surface area contributed by atoms with Crippen LogP contribution in [0.4, 0.5) is 0 Å². The fourth-order valence-electron chi connectivity index (χ4n) is 5.43. The maximum atomic E-state index is 5.18. The fourth-order valence-corrected chi connectivity index (χ4v) is 5.43. The molecule has 0 spiro atoms. The van der Waals surface area contributed by atoms with E-state index in [2.05, 4.69) is 94.4 Å². The van der Waals surface area contributed by atoms with Gasteiger partial charge < -0.3 is 0 Å². The van der Waals surface area contributed by atoms with Crippen LogP contribution in [0, 0.1) is 6.07 Å². The zero-order chi connectivity index (χ0) is 27.5. The Bertz CT molecular complexity index is 1710. The van der Waals surface area contributed by atoms with Gasteiger partial charge in [-0.15, -0.1) is 40.5 Å². The second kappa shape index (κ2) is 10.0. The summed E-state index contributed by atoms with van der Waals surface area (Å²) in [5.41, 5.74) is 4.85. The Morgan fingerprint density at radius 2 is 1.15 bits per heavy atom. The summed E-state index contributed by atoms with van der Waals surface area (Å²) in [7, 11) is 0. The van der Waals surface area contributed by atoms with Crippen molar-refractivity contribution in [2.24, 2.45) is 0 Å². The molecular weight excluding hydrogens is 687 g/mol. The Balaban J connectivity index is 0.00000302. The van der Waals surface area contributed by atoms with Crippen LogP contribution in [0.2, 0.25) is 0 Å². The van der Waals surface area contributed by atoms with Crippen molar-refractivity contribution in [3.8, 4) is 34.2 Å². The molecule has 6 nitrogen and oxygen atoms in total. The number of para-hydroxylation sites is 2. The first-order chi connectivity index (χ1) is 19.3. The molecule has 8 bridgehead atoms. The van der Waals surface area contributed by atoms with Gasteiger partial charge in [-0.2, -0.15) is 5.10 Å². The minimum Gasteiger partial charge on any atom is -0.261 e. The number of nitrogens with zero attached hydrogens (tertiary/aromatic N) is 6. The molecule has 0 saturated heterocycles. The SMILES string of the molecule is CC1(C)c2[c-]c(ccc2)-c2nc(n(-c3ccccc3)n2)C(C)(C)c2cccc(c2)-c2nc1n(-c1ccccc1)n2.[Pt]. The summed E-state index contributed by atoms with van der Waals surface area (Å²) >= 11 is 0. The molecule has 6 aromatic rings. The molecule has 0 radical (unpaired) electrons. The standard InChI is InChI=1S/C34H29N6.Pt/c1-33(2)25-15-11-13-23(21-25)30-36-32(40(38-30)28-19-9-6-10-20-28)34(3,4)26-16-12-14-24(22-26)29-35-31(33)39(37-29)27-17-7-5-8-18-27;/h5-21H,1-4H3;/q-1;. The molecule has 0 aliphatic carbocycles. The summed E-state index contributed by atoms with van der Waals surface area (Å²) < 4.78 is 3.93. The number of aromatic nitrogens is 6. The number of rotatable bonds is 2. The van der Waals surface area contributed by atoms with E-state index in [1.165, 1.54) is 0 Å². The third kappa shape index (κ3) is 4.47. The minimum absolute atomic E-state index is 0. The van der Waals surface area contributed by atoms with Crippen molar-refractivity contribution in [3.63, 3.8) is 0 Å². The summed E-state index contributed by atoms with van der Waals surface area (Å²) in [5.74, 6) is 3.02. The average molecular weight is 717 g/mol. The van der Waals surface area contributed by atoms with Gasteiger partial charge in [-0.1, -0.05) is 68.4 Å². The van der Waals surface area contributed by atoms with Gasteiger partial charge in [0.2, 0.25) is 0 Å². The normalized spacial score (nSPS) is 14.5. The maximum absolute atomic E-state index is 5.18. The second-order valence-corrected chi connectivity index (χ2v) is 11.3. The molecule has 0 N–H and O–H groups in total.